The number of anilines is 2. The smallest absolute Gasteiger partial charge is 0.237 e. The first-order valence-corrected chi connectivity index (χ1v) is 7.78. The van der Waals surface area contributed by atoms with Crippen LogP contribution in [0.15, 0.2) is 41.4 Å². The van der Waals surface area contributed by atoms with Gasteiger partial charge in [-0.25, -0.2) is 4.98 Å². The molecule has 0 saturated carbocycles. The molecule has 1 amide bonds. The van der Waals surface area contributed by atoms with Crippen molar-refractivity contribution in [3.05, 3.63) is 41.6 Å². The first-order valence-electron chi connectivity index (χ1n) is 6.52. The minimum Gasteiger partial charge on any atom is -0.495 e. The largest absolute Gasteiger partial charge is 0.495 e. The van der Waals surface area contributed by atoms with Gasteiger partial charge in [0.2, 0.25) is 5.91 Å². The minimum atomic E-state index is -0.286. The van der Waals surface area contributed by atoms with Crippen molar-refractivity contribution >= 4 is 40.8 Å². The van der Waals surface area contributed by atoms with Gasteiger partial charge < -0.3 is 15.8 Å². The number of amides is 1. The summed E-state index contributed by atoms with van der Waals surface area (Å²) in [5, 5.41) is 2.98. The van der Waals surface area contributed by atoms with Gasteiger partial charge in [-0.15, -0.1) is 11.8 Å². The number of aromatic nitrogens is 1. The number of methoxy groups -OCH3 is 1. The monoisotopic (exact) mass is 337 g/mol. The third-order valence-corrected chi connectivity index (χ3v) is 4.24. The van der Waals surface area contributed by atoms with Crippen LogP contribution in [0.4, 0.5) is 11.5 Å². The Kier molecular flexibility index (Phi) is 5.51. The highest BCUT2D eigenvalue weighted by Gasteiger charge is 2.15. The Morgan fingerprint density at radius 3 is 2.77 bits per heavy atom. The summed E-state index contributed by atoms with van der Waals surface area (Å²) < 4.78 is 5.08. The Morgan fingerprint density at radius 1 is 1.41 bits per heavy atom. The third kappa shape index (κ3) is 4.29. The standard InChI is InChI=1S/C15H16ClN3O2S/c1-9(22-11-4-6-14(17)18-8-11)15(20)19-10-3-5-13(21-2)12(16)7-10/h3-9H,1-2H3,(H2,17,18)(H,19,20). The molecule has 5 nitrogen and oxygen atoms in total. The summed E-state index contributed by atoms with van der Waals surface area (Å²) >= 11 is 7.44. The predicted octanol–water partition coefficient (Wildman–Crippen LogP) is 3.45. The van der Waals surface area contributed by atoms with Gasteiger partial charge in [0.25, 0.3) is 0 Å². The van der Waals surface area contributed by atoms with Crippen molar-refractivity contribution in [1.82, 2.24) is 4.98 Å². The van der Waals surface area contributed by atoms with Crippen LogP contribution in [-0.2, 0) is 4.79 Å². The summed E-state index contributed by atoms with van der Waals surface area (Å²) in [6.07, 6.45) is 1.65. The molecular weight excluding hydrogens is 322 g/mol. The molecule has 3 N–H and O–H groups in total. The molecule has 0 aliphatic rings. The molecular formula is C15H16ClN3O2S. The van der Waals surface area contributed by atoms with E-state index in [1.165, 1.54) is 11.8 Å². The Balaban J connectivity index is 1.99. The number of hydrogen-bond acceptors (Lipinski definition) is 5. The summed E-state index contributed by atoms with van der Waals surface area (Å²) in [4.78, 5) is 17.1. The molecule has 2 aromatic rings. The molecule has 116 valence electrons. The van der Waals surface area contributed by atoms with E-state index in [2.05, 4.69) is 10.3 Å². The van der Waals surface area contributed by atoms with Gasteiger partial charge in [-0.1, -0.05) is 11.6 Å². The normalized spacial score (nSPS) is 11.8. The minimum absolute atomic E-state index is 0.122. The SMILES string of the molecule is COc1ccc(NC(=O)C(C)Sc2ccc(N)nc2)cc1Cl. The molecule has 1 unspecified atom stereocenters. The Bertz CT molecular complexity index is 664. The molecule has 0 aliphatic heterocycles. The number of nitrogens with zero attached hydrogens (tertiary/aromatic N) is 1. The molecule has 1 atom stereocenters. The summed E-state index contributed by atoms with van der Waals surface area (Å²) in [6, 6.07) is 8.64. The molecule has 1 heterocycles. The number of nitrogen functional groups attached to an aromatic ring is 1. The fourth-order valence-electron chi connectivity index (χ4n) is 1.71. The summed E-state index contributed by atoms with van der Waals surface area (Å²) in [7, 11) is 1.54. The van der Waals surface area contributed by atoms with Gasteiger partial charge >= 0.3 is 0 Å². The van der Waals surface area contributed by atoms with E-state index in [-0.39, 0.29) is 11.2 Å². The van der Waals surface area contributed by atoms with Gasteiger partial charge in [-0.3, -0.25) is 4.79 Å². The predicted molar refractivity (Wildman–Crippen MR) is 90.6 cm³/mol. The zero-order valence-electron chi connectivity index (χ0n) is 12.2. The van der Waals surface area contributed by atoms with E-state index in [1.54, 1.807) is 37.6 Å². The number of benzene rings is 1. The maximum Gasteiger partial charge on any atom is 0.237 e. The van der Waals surface area contributed by atoms with E-state index in [0.717, 1.165) is 4.90 Å². The average molecular weight is 338 g/mol. The van der Waals surface area contributed by atoms with Gasteiger partial charge in [-0.05, 0) is 37.3 Å². The highest BCUT2D eigenvalue weighted by Crippen LogP contribution is 2.28. The number of nitrogens with two attached hydrogens (primary N) is 1. The molecule has 0 radical (unpaired) electrons. The van der Waals surface area contributed by atoms with Crippen molar-refractivity contribution in [2.24, 2.45) is 0 Å². The first-order chi connectivity index (χ1) is 10.5. The van der Waals surface area contributed by atoms with Crippen molar-refractivity contribution in [1.29, 1.82) is 0 Å². The van der Waals surface area contributed by atoms with Gasteiger partial charge in [-0.2, -0.15) is 0 Å². The highest BCUT2D eigenvalue weighted by molar-refractivity contribution is 8.00. The summed E-state index contributed by atoms with van der Waals surface area (Å²) in [5.41, 5.74) is 6.16. The number of thioether (sulfide) groups is 1. The molecule has 1 aromatic carbocycles. The van der Waals surface area contributed by atoms with Crippen LogP contribution in [0, 0.1) is 0 Å². The molecule has 0 spiro atoms. The number of nitrogens with one attached hydrogen (secondary N) is 1. The second kappa shape index (κ2) is 7.38. The lowest BCUT2D eigenvalue weighted by Gasteiger charge is -2.13. The molecule has 22 heavy (non-hydrogen) atoms. The molecule has 0 bridgehead atoms. The van der Waals surface area contributed by atoms with Gasteiger partial charge in [0, 0.05) is 16.8 Å². The van der Waals surface area contributed by atoms with E-state index in [1.807, 2.05) is 13.0 Å². The first kappa shape index (κ1) is 16.5. The van der Waals surface area contributed by atoms with Gasteiger partial charge in [0.15, 0.2) is 0 Å². The molecule has 0 aliphatic carbocycles. The van der Waals surface area contributed by atoms with Gasteiger partial charge in [0.05, 0.1) is 17.4 Å². The van der Waals surface area contributed by atoms with Crippen LogP contribution in [0.5, 0.6) is 5.75 Å². The van der Waals surface area contributed by atoms with E-state index in [0.29, 0.717) is 22.3 Å². The van der Waals surface area contributed by atoms with Crippen LogP contribution in [0.3, 0.4) is 0 Å². The molecule has 0 saturated heterocycles. The fourth-order valence-corrected chi connectivity index (χ4v) is 2.80. The number of carbonyl (C=O) groups excluding carboxylic acids is 1. The Labute approximate surface area is 138 Å². The number of rotatable bonds is 5. The third-order valence-electron chi connectivity index (χ3n) is 2.86. The molecule has 7 heteroatoms. The Hall–Kier alpha value is -1.92. The van der Waals surface area contributed by atoms with Crippen molar-refractivity contribution in [3.8, 4) is 5.75 Å². The van der Waals surface area contributed by atoms with Crippen LogP contribution in [-0.4, -0.2) is 23.3 Å². The molecule has 2 rings (SSSR count). The molecule has 1 aromatic heterocycles. The average Bonchev–Trinajstić information content (AvgIpc) is 2.49. The lowest BCUT2D eigenvalue weighted by molar-refractivity contribution is -0.115. The lowest BCUT2D eigenvalue weighted by atomic mass is 10.3. The summed E-state index contributed by atoms with van der Waals surface area (Å²) in [5.74, 6) is 0.896. The van der Waals surface area contributed by atoms with E-state index in [4.69, 9.17) is 22.1 Å². The maximum atomic E-state index is 12.2. The number of halogens is 1. The van der Waals surface area contributed by atoms with Crippen LogP contribution >= 0.6 is 23.4 Å². The van der Waals surface area contributed by atoms with E-state index < -0.39 is 0 Å². The fraction of sp³-hybridized carbons (Fsp3) is 0.200. The van der Waals surface area contributed by atoms with E-state index in [9.17, 15) is 4.79 Å². The number of ether oxygens (including phenoxy) is 1. The van der Waals surface area contributed by atoms with Gasteiger partial charge in [0.1, 0.15) is 11.6 Å². The number of pyridine rings is 1. The second-order valence-electron chi connectivity index (χ2n) is 4.52. The zero-order chi connectivity index (χ0) is 16.1. The van der Waals surface area contributed by atoms with Crippen molar-refractivity contribution < 1.29 is 9.53 Å². The van der Waals surface area contributed by atoms with Crippen molar-refractivity contribution in [3.63, 3.8) is 0 Å². The number of hydrogen-bond donors (Lipinski definition) is 2. The van der Waals surface area contributed by atoms with Crippen molar-refractivity contribution in [2.45, 2.75) is 17.1 Å². The van der Waals surface area contributed by atoms with Crippen LogP contribution in [0.25, 0.3) is 0 Å². The maximum absolute atomic E-state index is 12.2. The topological polar surface area (TPSA) is 77.2 Å². The van der Waals surface area contributed by atoms with Crippen LogP contribution in [0.2, 0.25) is 5.02 Å². The Morgan fingerprint density at radius 2 is 2.18 bits per heavy atom. The molecule has 0 fully saturated rings. The van der Waals surface area contributed by atoms with E-state index >= 15 is 0 Å². The van der Waals surface area contributed by atoms with Crippen LogP contribution in [0.1, 0.15) is 6.92 Å². The van der Waals surface area contributed by atoms with Crippen molar-refractivity contribution in [2.75, 3.05) is 18.2 Å². The summed E-state index contributed by atoms with van der Waals surface area (Å²) in [6.45, 7) is 1.82. The van der Waals surface area contributed by atoms with Crippen LogP contribution < -0.4 is 15.8 Å². The zero-order valence-corrected chi connectivity index (χ0v) is 13.7. The highest BCUT2D eigenvalue weighted by atomic mass is 35.5. The lowest BCUT2D eigenvalue weighted by Crippen LogP contribution is -2.22. The number of carbonyl (C=O) groups is 1. The quantitative estimate of drug-likeness (QED) is 0.817. The second-order valence-corrected chi connectivity index (χ2v) is 6.34.